The minimum absolute atomic E-state index is 0.0256. The molecule has 0 saturated heterocycles. The molecule has 0 bridgehead atoms. The molecular formula is C40H32N4O5. The first-order valence-electron chi connectivity index (χ1n) is 16.4. The zero-order chi connectivity index (χ0) is 33.8. The number of nitrogens with zero attached hydrogens (tertiary/aromatic N) is 1. The average Bonchev–Trinajstić information content (AvgIpc) is 3.12. The van der Waals surface area contributed by atoms with E-state index in [1.807, 2.05) is 6.07 Å². The van der Waals surface area contributed by atoms with Crippen LogP contribution in [0.25, 0.3) is 0 Å². The first kappa shape index (κ1) is 30.3. The Bertz CT molecular complexity index is 2240. The summed E-state index contributed by atoms with van der Waals surface area (Å²) in [6.07, 6.45) is 4.78. The molecule has 5 aromatic carbocycles. The SMILES string of the molecule is Nc1cccc(Nc2ccc(N(NC3CCCCC3)c3ccc(O)c4c3C(=O)c3ccccc3C4=O)c3c2C(=O)c2ccccc2C3=O)c1. The number of nitrogen functional groups attached to an aromatic ring is 1. The van der Waals surface area contributed by atoms with Gasteiger partial charge in [0.15, 0.2) is 23.1 Å². The van der Waals surface area contributed by atoms with Gasteiger partial charge in [0.2, 0.25) is 0 Å². The summed E-state index contributed by atoms with van der Waals surface area (Å²) in [5, 5.41) is 16.0. The minimum atomic E-state index is -0.467. The van der Waals surface area contributed by atoms with Crippen molar-refractivity contribution in [2.45, 2.75) is 38.1 Å². The highest BCUT2D eigenvalue weighted by molar-refractivity contribution is 6.33. The number of hydrazine groups is 1. The number of carbonyl (C=O) groups excluding carboxylic acids is 4. The van der Waals surface area contributed by atoms with Crippen LogP contribution in [-0.4, -0.2) is 34.3 Å². The topological polar surface area (TPSA) is 142 Å². The predicted molar refractivity (Wildman–Crippen MR) is 187 cm³/mol. The maximum Gasteiger partial charge on any atom is 0.198 e. The number of carbonyl (C=O) groups is 4. The molecule has 5 N–H and O–H groups in total. The monoisotopic (exact) mass is 648 g/mol. The van der Waals surface area contributed by atoms with Crippen molar-refractivity contribution in [2.75, 3.05) is 16.1 Å². The van der Waals surface area contributed by atoms with E-state index in [0.717, 1.165) is 32.1 Å². The fourth-order valence-electron chi connectivity index (χ4n) is 7.33. The number of hydrogen-bond donors (Lipinski definition) is 4. The largest absolute Gasteiger partial charge is 0.507 e. The molecule has 0 aromatic heterocycles. The van der Waals surface area contributed by atoms with Crippen LogP contribution in [0.5, 0.6) is 5.75 Å². The van der Waals surface area contributed by atoms with Gasteiger partial charge in [0.1, 0.15) is 5.75 Å². The summed E-state index contributed by atoms with van der Waals surface area (Å²) in [5.74, 6) is -1.89. The lowest BCUT2D eigenvalue weighted by atomic mass is 9.81. The number of fused-ring (bicyclic) bond motifs is 4. The summed E-state index contributed by atoms with van der Waals surface area (Å²) < 4.78 is 0. The van der Waals surface area contributed by atoms with Gasteiger partial charge < -0.3 is 16.2 Å². The zero-order valence-electron chi connectivity index (χ0n) is 26.5. The number of phenols is 1. The molecule has 49 heavy (non-hydrogen) atoms. The van der Waals surface area contributed by atoms with Gasteiger partial charge in [-0.25, -0.2) is 5.43 Å². The Hall–Kier alpha value is -6.06. The molecule has 242 valence electrons. The Morgan fingerprint density at radius 2 is 1.12 bits per heavy atom. The quantitative estimate of drug-likeness (QED) is 0.108. The van der Waals surface area contributed by atoms with Crippen LogP contribution in [0.4, 0.5) is 28.4 Å². The van der Waals surface area contributed by atoms with Crippen LogP contribution in [0.15, 0.2) is 97.1 Å². The second-order valence-corrected chi connectivity index (χ2v) is 12.7. The molecule has 9 nitrogen and oxygen atoms in total. The lowest BCUT2D eigenvalue weighted by Crippen LogP contribution is -2.45. The van der Waals surface area contributed by atoms with Crippen LogP contribution in [0.2, 0.25) is 0 Å². The second-order valence-electron chi connectivity index (χ2n) is 12.7. The van der Waals surface area contributed by atoms with Gasteiger partial charge in [-0.2, -0.15) is 0 Å². The molecule has 1 saturated carbocycles. The normalized spacial score (nSPS) is 15.3. The molecule has 0 aliphatic heterocycles. The van der Waals surface area contributed by atoms with E-state index >= 15 is 0 Å². The lowest BCUT2D eigenvalue weighted by Gasteiger charge is -2.36. The van der Waals surface area contributed by atoms with Crippen molar-refractivity contribution in [2.24, 2.45) is 0 Å². The van der Waals surface area contributed by atoms with Crippen molar-refractivity contribution in [1.82, 2.24) is 5.43 Å². The summed E-state index contributed by atoms with van der Waals surface area (Å²) in [6.45, 7) is 0. The van der Waals surface area contributed by atoms with E-state index in [1.165, 1.54) is 6.07 Å². The number of phenolic OH excluding ortho intramolecular Hbond substituents is 1. The lowest BCUT2D eigenvalue weighted by molar-refractivity contribution is 0.0976. The molecule has 0 heterocycles. The first-order chi connectivity index (χ1) is 23.8. The van der Waals surface area contributed by atoms with Crippen molar-refractivity contribution in [1.29, 1.82) is 0 Å². The van der Waals surface area contributed by atoms with E-state index in [9.17, 15) is 24.3 Å². The van der Waals surface area contributed by atoms with Crippen molar-refractivity contribution in [3.63, 3.8) is 0 Å². The maximum absolute atomic E-state index is 14.6. The highest BCUT2D eigenvalue weighted by atomic mass is 16.3. The van der Waals surface area contributed by atoms with Crippen LogP contribution >= 0.6 is 0 Å². The number of anilines is 5. The number of hydrogen-bond acceptors (Lipinski definition) is 9. The number of benzene rings is 5. The third kappa shape index (κ3) is 4.98. The van der Waals surface area contributed by atoms with Crippen molar-refractivity contribution < 1.29 is 24.3 Å². The highest BCUT2D eigenvalue weighted by Gasteiger charge is 2.39. The third-order valence-corrected chi connectivity index (χ3v) is 9.65. The molecule has 0 unspecified atom stereocenters. The molecule has 3 aliphatic carbocycles. The summed E-state index contributed by atoms with van der Waals surface area (Å²) >= 11 is 0. The van der Waals surface area contributed by atoms with Gasteiger partial charge in [0.05, 0.1) is 39.3 Å². The Labute approximate surface area is 282 Å². The fraction of sp³-hybridized carbons (Fsp3) is 0.150. The molecule has 3 aliphatic rings. The van der Waals surface area contributed by atoms with E-state index in [-0.39, 0.29) is 62.3 Å². The number of rotatable bonds is 6. The van der Waals surface area contributed by atoms with E-state index < -0.39 is 11.6 Å². The molecule has 5 aromatic rings. The van der Waals surface area contributed by atoms with Gasteiger partial charge in [0, 0.05) is 39.7 Å². The maximum atomic E-state index is 14.6. The summed E-state index contributed by atoms with van der Waals surface area (Å²) in [6, 6.07) is 26.8. The van der Waals surface area contributed by atoms with Gasteiger partial charge in [-0.1, -0.05) is 73.9 Å². The van der Waals surface area contributed by atoms with Crippen LogP contribution in [0.3, 0.4) is 0 Å². The molecule has 0 atom stereocenters. The van der Waals surface area contributed by atoms with Crippen LogP contribution in [0.1, 0.15) is 95.8 Å². The Balaban J connectivity index is 1.37. The number of ketones is 4. The Morgan fingerprint density at radius 1 is 0.592 bits per heavy atom. The van der Waals surface area contributed by atoms with E-state index in [0.29, 0.717) is 34.0 Å². The van der Waals surface area contributed by atoms with Gasteiger partial charge in [-0.15, -0.1) is 0 Å². The first-order valence-corrected chi connectivity index (χ1v) is 16.4. The van der Waals surface area contributed by atoms with Crippen molar-refractivity contribution in [3.05, 3.63) is 142 Å². The number of nitrogens with two attached hydrogens (primary N) is 1. The van der Waals surface area contributed by atoms with Gasteiger partial charge in [-0.05, 0) is 55.3 Å². The molecule has 9 heteroatoms. The molecule has 0 amide bonds. The summed E-state index contributed by atoms with van der Waals surface area (Å²) in [4.78, 5) is 57.0. The van der Waals surface area contributed by atoms with Gasteiger partial charge in [-0.3, -0.25) is 24.2 Å². The van der Waals surface area contributed by atoms with Crippen LogP contribution < -0.4 is 21.5 Å². The standard InChI is InChI=1S/C40H32N4O5/c41-22-9-8-12-24(21-22)42-29-17-18-30(34-33(29)37(46)25-13-4-5-14-26(25)38(34)47)44(43-23-10-2-1-3-11-23)31-19-20-32(45)36-35(31)39(48)27-15-6-7-16-28(27)40(36)49/h4-9,12-21,23,42-43,45H,1-3,10-11,41H2. The van der Waals surface area contributed by atoms with Crippen molar-refractivity contribution in [3.8, 4) is 5.75 Å². The van der Waals surface area contributed by atoms with Gasteiger partial charge >= 0.3 is 0 Å². The Morgan fingerprint density at radius 3 is 1.71 bits per heavy atom. The Kier molecular flexibility index (Phi) is 7.34. The average molecular weight is 649 g/mol. The summed E-state index contributed by atoms with van der Waals surface area (Å²) in [7, 11) is 0. The van der Waals surface area contributed by atoms with Crippen molar-refractivity contribution >= 4 is 51.6 Å². The molecule has 0 spiro atoms. The van der Waals surface area contributed by atoms with Gasteiger partial charge in [0.25, 0.3) is 0 Å². The fourth-order valence-corrected chi connectivity index (χ4v) is 7.33. The molecule has 8 rings (SSSR count). The van der Waals surface area contributed by atoms with Crippen LogP contribution in [-0.2, 0) is 0 Å². The second kappa shape index (κ2) is 11.9. The molecule has 1 fully saturated rings. The summed E-state index contributed by atoms with van der Waals surface area (Å²) in [5.41, 5.74) is 13.1. The number of aromatic hydroxyl groups is 1. The minimum Gasteiger partial charge on any atom is -0.507 e. The molecule has 0 radical (unpaired) electrons. The molecular weight excluding hydrogens is 616 g/mol. The number of nitrogens with one attached hydrogen (secondary N) is 2. The van der Waals surface area contributed by atoms with E-state index in [4.69, 9.17) is 5.73 Å². The van der Waals surface area contributed by atoms with E-state index in [1.54, 1.807) is 89.9 Å². The third-order valence-electron chi connectivity index (χ3n) is 9.65. The predicted octanol–water partition coefficient (Wildman–Crippen LogP) is 7.24. The smallest absolute Gasteiger partial charge is 0.198 e. The highest BCUT2D eigenvalue weighted by Crippen LogP contribution is 2.44. The van der Waals surface area contributed by atoms with Crippen LogP contribution in [0, 0.1) is 0 Å². The van der Waals surface area contributed by atoms with E-state index in [2.05, 4.69) is 10.7 Å². The zero-order valence-corrected chi connectivity index (χ0v) is 26.5.